The third kappa shape index (κ3) is 4.29. The number of aliphatic hydroxyl groups is 1. The van der Waals surface area contributed by atoms with Crippen LogP contribution in [0.15, 0.2) is 42.5 Å². The highest BCUT2D eigenvalue weighted by Crippen LogP contribution is 2.20. The molecule has 3 N–H and O–H groups in total. The van der Waals surface area contributed by atoms with Gasteiger partial charge in [-0.25, -0.2) is 4.39 Å². The summed E-state index contributed by atoms with van der Waals surface area (Å²) < 4.78 is 13.7. The molecule has 0 aliphatic heterocycles. The molecular formula is C16H17FN2O2. The monoisotopic (exact) mass is 288 g/mol. The Morgan fingerprint density at radius 2 is 1.81 bits per heavy atom. The van der Waals surface area contributed by atoms with Crippen molar-refractivity contribution >= 4 is 17.3 Å². The molecule has 21 heavy (non-hydrogen) atoms. The Morgan fingerprint density at radius 3 is 2.43 bits per heavy atom. The summed E-state index contributed by atoms with van der Waals surface area (Å²) in [7, 11) is 0. The molecule has 0 fully saturated rings. The third-order valence-corrected chi connectivity index (χ3v) is 2.98. The molecule has 2 aromatic rings. The van der Waals surface area contributed by atoms with Crippen LogP contribution in [0.25, 0.3) is 0 Å². The first-order chi connectivity index (χ1) is 10.1. The van der Waals surface area contributed by atoms with Crippen molar-refractivity contribution in [3.8, 4) is 0 Å². The molecule has 1 amide bonds. The first-order valence-electron chi connectivity index (χ1n) is 6.58. The minimum atomic E-state index is -0.379. The quantitative estimate of drug-likeness (QED) is 0.793. The molecule has 4 nitrogen and oxygen atoms in total. The summed E-state index contributed by atoms with van der Waals surface area (Å²) in [6.45, 7) is 1.85. The highest BCUT2D eigenvalue weighted by atomic mass is 19.1. The largest absolute Gasteiger partial charge is 0.392 e. The van der Waals surface area contributed by atoms with Gasteiger partial charge < -0.3 is 15.7 Å². The van der Waals surface area contributed by atoms with Gasteiger partial charge in [0.15, 0.2) is 0 Å². The van der Waals surface area contributed by atoms with E-state index in [0.717, 1.165) is 11.1 Å². The molecule has 0 spiro atoms. The number of amides is 1. The van der Waals surface area contributed by atoms with E-state index >= 15 is 0 Å². The summed E-state index contributed by atoms with van der Waals surface area (Å²) in [5.74, 6) is -0.580. The summed E-state index contributed by atoms with van der Waals surface area (Å²) in [4.78, 5) is 11.0. The van der Waals surface area contributed by atoms with Crippen LogP contribution in [0, 0.1) is 5.82 Å². The van der Waals surface area contributed by atoms with Crippen molar-refractivity contribution in [2.24, 2.45) is 0 Å². The molecule has 2 aromatic carbocycles. The molecular weight excluding hydrogens is 271 g/mol. The highest BCUT2D eigenvalue weighted by Gasteiger charge is 2.04. The molecule has 0 saturated carbocycles. The van der Waals surface area contributed by atoms with Crippen LogP contribution in [0.4, 0.5) is 15.8 Å². The van der Waals surface area contributed by atoms with Gasteiger partial charge in [-0.3, -0.25) is 4.79 Å². The first kappa shape index (κ1) is 15.0. The molecule has 5 heteroatoms. The van der Waals surface area contributed by atoms with Crippen molar-refractivity contribution in [2.75, 3.05) is 10.6 Å². The van der Waals surface area contributed by atoms with Crippen LogP contribution in [-0.2, 0) is 17.9 Å². The van der Waals surface area contributed by atoms with Crippen LogP contribution in [0.3, 0.4) is 0 Å². The second-order valence-electron chi connectivity index (χ2n) is 4.70. The number of carbonyl (C=O) groups is 1. The predicted molar refractivity (Wildman–Crippen MR) is 80.4 cm³/mol. The Morgan fingerprint density at radius 1 is 1.14 bits per heavy atom. The number of hydrogen-bond donors (Lipinski definition) is 3. The highest BCUT2D eigenvalue weighted by molar-refractivity contribution is 5.89. The Kier molecular flexibility index (Phi) is 4.90. The van der Waals surface area contributed by atoms with Gasteiger partial charge in [-0.15, -0.1) is 0 Å². The number of nitrogens with one attached hydrogen (secondary N) is 2. The van der Waals surface area contributed by atoms with Crippen LogP contribution >= 0.6 is 0 Å². The van der Waals surface area contributed by atoms with Crippen LogP contribution in [0.2, 0.25) is 0 Å². The van der Waals surface area contributed by atoms with E-state index in [2.05, 4.69) is 10.6 Å². The van der Waals surface area contributed by atoms with E-state index in [4.69, 9.17) is 5.11 Å². The smallest absolute Gasteiger partial charge is 0.221 e. The van der Waals surface area contributed by atoms with Crippen LogP contribution in [-0.4, -0.2) is 11.0 Å². The lowest BCUT2D eigenvalue weighted by atomic mass is 10.1. The van der Waals surface area contributed by atoms with Gasteiger partial charge in [-0.2, -0.15) is 0 Å². The van der Waals surface area contributed by atoms with E-state index in [-0.39, 0.29) is 18.3 Å². The van der Waals surface area contributed by atoms with Gasteiger partial charge >= 0.3 is 0 Å². The summed E-state index contributed by atoms with van der Waals surface area (Å²) in [5, 5.41) is 14.6. The van der Waals surface area contributed by atoms with E-state index < -0.39 is 0 Å². The maximum absolute atomic E-state index is 13.7. The van der Waals surface area contributed by atoms with Crippen molar-refractivity contribution in [1.82, 2.24) is 0 Å². The van der Waals surface area contributed by atoms with E-state index in [1.807, 2.05) is 24.3 Å². The fourth-order valence-corrected chi connectivity index (χ4v) is 1.90. The van der Waals surface area contributed by atoms with E-state index in [1.54, 1.807) is 6.07 Å². The lowest BCUT2D eigenvalue weighted by Gasteiger charge is -2.10. The van der Waals surface area contributed by atoms with E-state index in [9.17, 15) is 9.18 Å². The summed E-state index contributed by atoms with van der Waals surface area (Å²) in [6.07, 6.45) is 0. The molecule has 0 heterocycles. The van der Waals surface area contributed by atoms with Crippen LogP contribution in [0.5, 0.6) is 0 Å². The van der Waals surface area contributed by atoms with Crippen LogP contribution in [0.1, 0.15) is 18.1 Å². The van der Waals surface area contributed by atoms with Crippen LogP contribution < -0.4 is 10.6 Å². The molecule has 0 unspecified atom stereocenters. The number of halogens is 1. The number of rotatable bonds is 5. The second kappa shape index (κ2) is 6.85. The molecule has 0 aromatic heterocycles. The summed E-state index contributed by atoms with van der Waals surface area (Å²) >= 11 is 0. The SMILES string of the molecule is CC(=O)Nc1ccc(F)c(NCc2ccc(CO)cc2)c1. The van der Waals surface area contributed by atoms with Gasteiger partial charge in [0.25, 0.3) is 0 Å². The zero-order chi connectivity index (χ0) is 15.2. The maximum atomic E-state index is 13.7. The Labute approximate surface area is 122 Å². The lowest BCUT2D eigenvalue weighted by molar-refractivity contribution is -0.114. The van der Waals surface area contributed by atoms with Gasteiger partial charge in [0, 0.05) is 19.2 Å². The standard InChI is InChI=1S/C16H17FN2O2/c1-11(21)19-14-6-7-15(17)16(8-14)18-9-12-2-4-13(10-20)5-3-12/h2-8,18,20H,9-10H2,1H3,(H,19,21). The van der Waals surface area contributed by atoms with Crippen molar-refractivity contribution in [3.05, 3.63) is 59.4 Å². The Balaban J connectivity index is 2.05. The van der Waals surface area contributed by atoms with Crippen molar-refractivity contribution < 1.29 is 14.3 Å². The van der Waals surface area contributed by atoms with Crippen molar-refractivity contribution in [3.63, 3.8) is 0 Å². The third-order valence-electron chi connectivity index (χ3n) is 2.98. The molecule has 0 atom stereocenters. The number of hydrogen-bond acceptors (Lipinski definition) is 3. The number of anilines is 2. The second-order valence-corrected chi connectivity index (χ2v) is 4.70. The lowest BCUT2D eigenvalue weighted by Crippen LogP contribution is -2.07. The fraction of sp³-hybridized carbons (Fsp3) is 0.188. The zero-order valence-corrected chi connectivity index (χ0v) is 11.7. The Hall–Kier alpha value is -2.40. The number of aliphatic hydroxyl groups excluding tert-OH is 1. The van der Waals surface area contributed by atoms with E-state index in [0.29, 0.717) is 17.9 Å². The summed E-state index contributed by atoms with van der Waals surface area (Å²) in [6, 6.07) is 11.8. The Bertz CT molecular complexity index is 627. The van der Waals surface area contributed by atoms with Crippen molar-refractivity contribution in [2.45, 2.75) is 20.1 Å². The average Bonchev–Trinajstić information content (AvgIpc) is 2.48. The predicted octanol–water partition coefficient (Wildman–Crippen LogP) is 2.89. The van der Waals surface area contributed by atoms with Gasteiger partial charge in [0.1, 0.15) is 5.82 Å². The first-order valence-corrected chi connectivity index (χ1v) is 6.58. The maximum Gasteiger partial charge on any atom is 0.221 e. The number of benzene rings is 2. The zero-order valence-electron chi connectivity index (χ0n) is 11.7. The topological polar surface area (TPSA) is 61.4 Å². The molecule has 0 radical (unpaired) electrons. The van der Waals surface area contributed by atoms with Gasteiger partial charge in [0.05, 0.1) is 12.3 Å². The summed E-state index contributed by atoms with van der Waals surface area (Å²) in [5.41, 5.74) is 2.67. The minimum absolute atomic E-state index is 0.00109. The molecule has 0 bridgehead atoms. The van der Waals surface area contributed by atoms with E-state index in [1.165, 1.54) is 19.1 Å². The normalized spacial score (nSPS) is 10.2. The van der Waals surface area contributed by atoms with Gasteiger partial charge in [-0.1, -0.05) is 24.3 Å². The van der Waals surface area contributed by atoms with Gasteiger partial charge in [-0.05, 0) is 29.3 Å². The molecule has 2 rings (SSSR count). The average molecular weight is 288 g/mol. The fourth-order valence-electron chi connectivity index (χ4n) is 1.90. The number of carbonyl (C=O) groups excluding carboxylic acids is 1. The van der Waals surface area contributed by atoms with Crippen molar-refractivity contribution in [1.29, 1.82) is 0 Å². The molecule has 0 aliphatic rings. The molecule has 0 saturated heterocycles. The molecule has 0 aliphatic carbocycles. The van der Waals surface area contributed by atoms with Gasteiger partial charge in [0.2, 0.25) is 5.91 Å². The molecule has 110 valence electrons. The minimum Gasteiger partial charge on any atom is -0.392 e.